The fraction of sp³-hybridized carbons (Fsp3) is 1.00. The van der Waals surface area contributed by atoms with Gasteiger partial charge >= 0.3 is 0 Å². The molecule has 1 rings (SSSR count). The molecule has 0 unspecified atom stereocenters. The molecule has 0 aromatic heterocycles. The monoisotopic (exact) mass is 212 g/mol. The predicted molar refractivity (Wildman–Crippen MR) is 80.0 cm³/mol. The third-order valence-electron chi connectivity index (χ3n) is 2.41. The van der Waals surface area contributed by atoms with Crippen molar-refractivity contribution >= 4 is 64.9 Å². The van der Waals surface area contributed by atoms with E-state index in [-0.39, 0.29) is 18.5 Å². The zero-order valence-electron chi connectivity index (χ0n) is 9.55. The molecule has 1 aliphatic carbocycles. The molecule has 0 aliphatic heterocycles. The molecule has 0 amide bonds. The van der Waals surface area contributed by atoms with Crippen molar-refractivity contribution in [3.8, 4) is 0 Å². The van der Waals surface area contributed by atoms with E-state index >= 15 is 0 Å². The molecule has 1 fully saturated rings. The van der Waals surface area contributed by atoms with Crippen molar-refractivity contribution in [2.45, 2.75) is 25.0 Å². The molecule has 0 bridgehead atoms. The van der Waals surface area contributed by atoms with Crippen LogP contribution in [0, 0.1) is 0 Å². The average molecular weight is 210 g/mol. The van der Waals surface area contributed by atoms with Crippen molar-refractivity contribution < 1.29 is 5.11 Å². The fourth-order valence-electron chi connectivity index (χ4n) is 1.24. The number of hydrogen-bond donors (Lipinski definition) is 1. The second-order valence-corrected chi connectivity index (χ2v) is 3.91. The van der Waals surface area contributed by atoms with E-state index in [1.165, 1.54) is 7.06 Å². The highest BCUT2D eigenvalue weighted by Gasteiger charge is 2.25. The quantitative estimate of drug-likeness (QED) is 0.235. The lowest BCUT2D eigenvalue weighted by molar-refractivity contribution is 0.0771. The first-order chi connectivity index (χ1) is 7.92. The van der Waals surface area contributed by atoms with E-state index in [0.29, 0.717) is 12.8 Å². The molecule has 4 nitrogen and oxygen atoms in total. The molecule has 0 spiro atoms. The number of aliphatic hydroxyl groups excluding tert-OH is 1. The summed E-state index contributed by atoms with van der Waals surface area (Å²) >= 11 is 0. The second kappa shape index (κ2) is 8.87. The Morgan fingerprint density at radius 1 is 1.24 bits per heavy atom. The Hall–Kier alpha value is -0.146. The minimum atomic E-state index is -0.574. The van der Waals surface area contributed by atoms with Crippen molar-refractivity contribution in [2.24, 2.45) is 5.11 Å². The van der Waals surface area contributed by atoms with Crippen molar-refractivity contribution in [2.75, 3.05) is 0 Å². The Bertz CT molecular complexity index is 245. The maximum atomic E-state index is 8.66. The van der Waals surface area contributed by atoms with Crippen LogP contribution in [0.25, 0.3) is 10.4 Å². The van der Waals surface area contributed by atoms with Gasteiger partial charge in [0.2, 0.25) is 0 Å². The Balaban J connectivity index is 0.000000302. The number of hydrogen-bond acceptors (Lipinski definition) is 2. The van der Waals surface area contributed by atoms with Crippen LogP contribution in [0.4, 0.5) is 0 Å². The number of aliphatic hydroxyl groups is 1. The third kappa shape index (κ3) is 7.00. The van der Waals surface area contributed by atoms with Crippen molar-refractivity contribution in [3.63, 3.8) is 0 Å². The van der Waals surface area contributed by atoms with E-state index < -0.39 is 12.8 Å². The number of azide groups is 1. The van der Waals surface area contributed by atoms with Crippen LogP contribution in [0.15, 0.2) is 5.11 Å². The van der Waals surface area contributed by atoms with Gasteiger partial charge in [-0.25, -0.2) is 0 Å². The zero-order chi connectivity index (χ0) is 13.4. The van der Waals surface area contributed by atoms with Crippen LogP contribution in [0.1, 0.15) is 12.8 Å². The van der Waals surface area contributed by atoms with Gasteiger partial charge in [-0.1, -0.05) is 5.11 Å². The summed E-state index contributed by atoms with van der Waals surface area (Å²) in [5.41, 5.74) is 7.86. The molecule has 0 heterocycles. The van der Waals surface area contributed by atoms with Crippen LogP contribution < -0.4 is 0 Å². The Morgan fingerprint density at radius 3 is 1.88 bits per heavy atom. The number of rotatable bonds is 4. The molecule has 0 aromatic rings. The summed E-state index contributed by atoms with van der Waals surface area (Å²) in [4.78, 5) is 2.61. The standard InChI is InChI=1S/C4H7N3O.B9/c5-7-6-3-1-4(8)2-3;1-6-9(7(2)3)8(4)5/h3-4,8H,1-2H2;. The van der Waals surface area contributed by atoms with E-state index in [9.17, 15) is 0 Å². The van der Waals surface area contributed by atoms with Crippen molar-refractivity contribution in [1.82, 2.24) is 0 Å². The van der Waals surface area contributed by atoms with E-state index in [1.807, 2.05) is 0 Å². The van der Waals surface area contributed by atoms with Gasteiger partial charge < -0.3 is 5.11 Å². The van der Waals surface area contributed by atoms with E-state index in [4.69, 9.17) is 49.3 Å². The average Bonchev–Trinajstić information content (AvgIpc) is 2.16. The van der Waals surface area contributed by atoms with Crippen LogP contribution >= 0.6 is 0 Å². The minimum Gasteiger partial charge on any atom is -0.393 e. The van der Waals surface area contributed by atoms with Crippen molar-refractivity contribution in [3.05, 3.63) is 10.4 Å². The summed E-state index contributed by atoms with van der Waals surface area (Å²) in [5, 5.41) is 12.1. The van der Waals surface area contributed by atoms with Gasteiger partial charge in [-0.15, -0.1) is 0 Å². The zero-order valence-corrected chi connectivity index (χ0v) is 9.55. The summed E-state index contributed by atoms with van der Waals surface area (Å²) in [5.74, 6) is 0. The first-order valence-corrected chi connectivity index (χ1v) is 5.22. The summed E-state index contributed by atoms with van der Waals surface area (Å²) in [6.07, 6.45) is -0.394. The molecule has 1 N–H and O–H groups in total. The molecule has 1 saturated carbocycles. The van der Waals surface area contributed by atoms with E-state index in [2.05, 4.69) is 10.0 Å². The largest absolute Gasteiger partial charge is 0.393 e. The summed E-state index contributed by atoms with van der Waals surface area (Å²) < 4.78 is 0. The van der Waals surface area contributed by atoms with Gasteiger partial charge in [-0.2, -0.15) is 0 Å². The maximum Gasteiger partial charge on any atom is 0.0548 e. The Kier molecular flexibility index (Phi) is 8.80. The molecule has 0 atom stereocenters. The third-order valence-corrected chi connectivity index (χ3v) is 2.41. The van der Waals surface area contributed by atoms with Gasteiger partial charge in [0.05, 0.1) is 6.10 Å². The lowest BCUT2D eigenvalue weighted by Gasteiger charge is -2.26. The molecular formula is C4H7B9N3O. The maximum absolute atomic E-state index is 8.66. The predicted octanol–water partition coefficient (Wildman–Crippen LogP) is -2.61. The summed E-state index contributed by atoms with van der Waals surface area (Å²) in [6, 6.07) is 0.0648. The van der Waals surface area contributed by atoms with Gasteiger partial charge in [-0.3, -0.25) is 0 Å². The Morgan fingerprint density at radius 2 is 1.71 bits per heavy atom. The van der Waals surface area contributed by atoms with Gasteiger partial charge in [0, 0.05) is 75.9 Å². The molecule has 11 radical (unpaired) electrons. The topological polar surface area (TPSA) is 69.0 Å². The molecular weight excluding hydrogens is 203 g/mol. The van der Waals surface area contributed by atoms with E-state index in [0.717, 1.165) is 0 Å². The first-order valence-electron chi connectivity index (χ1n) is 5.22. The molecule has 0 saturated heterocycles. The number of nitrogens with zero attached hydrogens (tertiary/aromatic N) is 3. The molecule has 17 heavy (non-hydrogen) atoms. The molecule has 1 aliphatic rings. The van der Waals surface area contributed by atoms with Crippen LogP contribution in [-0.2, 0) is 0 Å². The highest BCUT2D eigenvalue weighted by molar-refractivity contribution is 7.93. The lowest BCUT2D eigenvalue weighted by atomic mass is 8.64. The SMILES string of the molecule is [B][B]B(B([B])[B])B([B])[B].[N-]=[N+]=NC1CC(O)C1. The minimum absolute atomic E-state index is 0.0648. The molecule has 71 valence electrons. The van der Waals surface area contributed by atoms with Crippen LogP contribution in [0.3, 0.4) is 0 Å². The van der Waals surface area contributed by atoms with Crippen LogP contribution in [0.2, 0.25) is 0 Å². The van der Waals surface area contributed by atoms with Crippen LogP contribution in [-0.4, -0.2) is 82.2 Å². The van der Waals surface area contributed by atoms with Gasteiger partial charge in [-0.05, 0) is 18.4 Å². The Labute approximate surface area is 111 Å². The van der Waals surface area contributed by atoms with Crippen molar-refractivity contribution in [1.29, 1.82) is 0 Å². The molecule has 0 aromatic carbocycles. The highest BCUT2D eigenvalue weighted by Crippen LogP contribution is 2.22. The first kappa shape index (κ1) is 16.9. The van der Waals surface area contributed by atoms with Gasteiger partial charge in [0.1, 0.15) is 0 Å². The summed E-state index contributed by atoms with van der Waals surface area (Å²) in [6.45, 7) is 0. The second-order valence-electron chi connectivity index (χ2n) is 3.91. The summed E-state index contributed by atoms with van der Waals surface area (Å²) in [7, 11) is 27.5. The lowest BCUT2D eigenvalue weighted by Crippen LogP contribution is -2.55. The van der Waals surface area contributed by atoms with Gasteiger partial charge in [0.25, 0.3) is 0 Å². The highest BCUT2D eigenvalue weighted by atomic mass is 16.3. The normalized spacial score (nSPS) is 20.8. The van der Waals surface area contributed by atoms with Gasteiger partial charge in [0.15, 0.2) is 0 Å². The smallest absolute Gasteiger partial charge is 0.0548 e. The van der Waals surface area contributed by atoms with Crippen LogP contribution in [0.5, 0.6) is 0 Å². The fourth-order valence-corrected chi connectivity index (χ4v) is 1.24. The van der Waals surface area contributed by atoms with E-state index in [1.54, 1.807) is 0 Å². The molecule has 13 heteroatoms.